The molecule has 72 valence electrons. The Labute approximate surface area is 77.2 Å². The van der Waals surface area contributed by atoms with E-state index in [9.17, 15) is 9.59 Å². The van der Waals surface area contributed by atoms with Crippen molar-refractivity contribution >= 4 is 11.7 Å². The van der Waals surface area contributed by atoms with Gasteiger partial charge in [0, 0.05) is 30.7 Å². The van der Waals surface area contributed by atoms with Gasteiger partial charge in [-0.3, -0.25) is 9.59 Å². The minimum Gasteiger partial charge on any atom is -0.385 e. The molecule has 1 rings (SSSR count). The minimum atomic E-state index is -0.329. The Morgan fingerprint density at radius 2 is 2.38 bits per heavy atom. The molecule has 0 aromatic rings. The first-order chi connectivity index (χ1) is 6.08. The second-order valence-corrected chi connectivity index (χ2v) is 3.35. The van der Waals surface area contributed by atoms with E-state index >= 15 is 0 Å². The molecule has 4 nitrogen and oxygen atoms in total. The van der Waals surface area contributed by atoms with Crippen molar-refractivity contribution in [2.45, 2.75) is 32.2 Å². The van der Waals surface area contributed by atoms with E-state index in [1.807, 2.05) is 6.92 Å². The van der Waals surface area contributed by atoms with Gasteiger partial charge in [0.15, 0.2) is 5.78 Å². The van der Waals surface area contributed by atoms with Gasteiger partial charge in [-0.15, -0.1) is 0 Å². The lowest BCUT2D eigenvalue weighted by molar-refractivity contribution is -0.118. The van der Waals surface area contributed by atoms with Gasteiger partial charge in [-0.2, -0.15) is 0 Å². The van der Waals surface area contributed by atoms with Gasteiger partial charge >= 0.3 is 0 Å². The summed E-state index contributed by atoms with van der Waals surface area (Å²) >= 11 is 0. The van der Waals surface area contributed by atoms with E-state index in [0.717, 1.165) is 12.1 Å². The van der Waals surface area contributed by atoms with Crippen LogP contribution in [-0.4, -0.2) is 17.7 Å². The maximum Gasteiger partial charge on any atom is 0.219 e. The van der Waals surface area contributed by atoms with Gasteiger partial charge in [0.2, 0.25) is 5.91 Å². The van der Waals surface area contributed by atoms with Crippen LogP contribution in [0.1, 0.15) is 26.2 Å². The largest absolute Gasteiger partial charge is 0.385 e. The zero-order chi connectivity index (χ0) is 9.84. The van der Waals surface area contributed by atoms with Crippen molar-refractivity contribution in [3.63, 3.8) is 0 Å². The number of carbonyl (C=O) groups excluding carboxylic acids is 2. The number of hydrogen-bond donors (Lipinski definition) is 2. The number of primary amides is 1. The summed E-state index contributed by atoms with van der Waals surface area (Å²) < 4.78 is 0. The van der Waals surface area contributed by atoms with Crippen LogP contribution in [0.15, 0.2) is 11.8 Å². The summed E-state index contributed by atoms with van der Waals surface area (Å²) in [6.07, 6.45) is 3.22. The van der Waals surface area contributed by atoms with Crippen molar-refractivity contribution in [2.24, 2.45) is 5.73 Å². The Balaban J connectivity index is 2.36. The number of nitrogens with one attached hydrogen (secondary N) is 1. The third-order valence-corrected chi connectivity index (χ3v) is 1.92. The molecule has 1 aliphatic carbocycles. The summed E-state index contributed by atoms with van der Waals surface area (Å²) in [4.78, 5) is 21.4. The summed E-state index contributed by atoms with van der Waals surface area (Å²) in [5.41, 5.74) is 5.95. The molecule has 0 aromatic heterocycles. The van der Waals surface area contributed by atoms with Crippen LogP contribution in [0.4, 0.5) is 0 Å². The highest BCUT2D eigenvalue weighted by atomic mass is 16.1. The summed E-state index contributed by atoms with van der Waals surface area (Å²) in [5, 5.41) is 3.08. The molecular weight excluding hydrogens is 168 g/mol. The van der Waals surface area contributed by atoms with Crippen LogP contribution >= 0.6 is 0 Å². The number of ketones is 1. The molecule has 1 unspecified atom stereocenters. The molecule has 0 spiro atoms. The van der Waals surface area contributed by atoms with E-state index in [4.69, 9.17) is 5.73 Å². The first kappa shape index (κ1) is 9.77. The van der Waals surface area contributed by atoms with Gasteiger partial charge < -0.3 is 11.1 Å². The first-order valence-electron chi connectivity index (χ1n) is 4.36. The van der Waals surface area contributed by atoms with Gasteiger partial charge in [0.05, 0.1) is 0 Å². The zero-order valence-electron chi connectivity index (χ0n) is 7.67. The topological polar surface area (TPSA) is 72.2 Å². The lowest BCUT2D eigenvalue weighted by atomic mass is 10.2. The van der Waals surface area contributed by atoms with Crippen LogP contribution in [0.3, 0.4) is 0 Å². The van der Waals surface area contributed by atoms with E-state index in [1.54, 1.807) is 6.08 Å². The summed E-state index contributed by atoms with van der Waals surface area (Å²) in [7, 11) is 0. The lowest BCUT2D eigenvalue weighted by Gasteiger charge is -2.13. The molecule has 13 heavy (non-hydrogen) atoms. The molecule has 0 heterocycles. The van der Waals surface area contributed by atoms with Gasteiger partial charge in [0.25, 0.3) is 0 Å². The number of rotatable bonds is 4. The number of hydrogen-bond acceptors (Lipinski definition) is 3. The highest BCUT2D eigenvalue weighted by Crippen LogP contribution is 2.12. The molecule has 0 fully saturated rings. The van der Waals surface area contributed by atoms with Gasteiger partial charge in [-0.05, 0) is 13.3 Å². The predicted molar refractivity (Wildman–Crippen MR) is 48.7 cm³/mol. The van der Waals surface area contributed by atoms with E-state index in [-0.39, 0.29) is 17.7 Å². The van der Waals surface area contributed by atoms with Gasteiger partial charge in [-0.25, -0.2) is 0 Å². The third kappa shape index (κ3) is 3.27. The van der Waals surface area contributed by atoms with Crippen LogP contribution in [0, 0.1) is 0 Å². The van der Waals surface area contributed by atoms with Crippen LogP contribution in [-0.2, 0) is 9.59 Å². The third-order valence-electron chi connectivity index (χ3n) is 1.92. The molecule has 0 saturated heterocycles. The smallest absolute Gasteiger partial charge is 0.219 e. The standard InChI is InChI=1S/C9H14N2O2/c1-6(4-9(10)13)11-7-2-3-8(12)5-7/h5-6,11H,2-4H2,1H3,(H2,10,13). The number of allylic oxidation sites excluding steroid dienone is 2. The number of carbonyl (C=O) groups is 2. The minimum absolute atomic E-state index is 0.00894. The van der Waals surface area contributed by atoms with Crippen molar-refractivity contribution < 1.29 is 9.59 Å². The Morgan fingerprint density at radius 3 is 2.85 bits per heavy atom. The van der Waals surface area contributed by atoms with Crippen molar-refractivity contribution in [3.8, 4) is 0 Å². The molecule has 3 N–H and O–H groups in total. The van der Waals surface area contributed by atoms with E-state index in [2.05, 4.69) is 5.32 Å². The second-order valence-electron chi connectivity index (χ2n) is 3.35. The second kappa shape index (κ2) is 4.07. The van der Waals surface area contributed by atoms with Crippen LogP contribution in [0.2, 0.25) is 0 Å². The predicted octanol–water partition coefficient (Wildman–Crippen LogP) is 0.0867. The Hall–Kier alpha value is -1.32. The first-order valence-corrected chi connectivity index (χ1v) is 4.36. The zero-order valence-corrected chi connectivity index (χ0v) is 7.67. The monoisotopic (exact) mass is 182 g/mol. The quantitative estimate of drug-likeness (QED) is 0.647. The van der Waals surface area contributed by atoms with Crippen molar-refractivity contribution in [1.82, 2.24) is 5.32 Å². The van der Waals surface area contributed by atoms with Gasteiger partial charge in [-0.1, -0.05) is 0 Å². The molecule has 4 heteroatoms. The summed E-state index contributed by atoms with van der Waals surface area (Å²) in [6, 6.07) is 0.00894. The molecule has 0 radical (unpaired) electrons. The molecule has 0 saturated carbocycles. The molecular formula is C9H14N2O2. The number of nitrogens with two attached hydrogens (primary N) is 1. The highest BCUT2D eigenvalue weighted by molar-refractivity contribution is 5.92. The maximum absolute atomic E-state index is 10.8. The Bertz CT molecular complexity index is 258. The van der Waals surface area contributed by atoms with E-state index in [1.165, 1.54) is 0 Å². The Kier molecular flexibility index (Phi) is 3.06. The molecule has 1 amide bonds. The average molecular weight is 182 g/mol. The summed E-state index contributed by atoms with van der Waals surface area (Å²) in [6.45, 7) is 1.87. The normalized spacial score (nSPS) is 18.2. The fourth-order valence-corrected chi connectivity index (χ4v) is 1.38. The van der Waals surface area contributed by atoms with E-state index < -0.39 is 0 Å². The Morgan fingerprint density at radius 1 is 1.69 bits per heavy atom. The molecule has 1 aliphatic rings. The number of amides is 1. The van der Waals surface area contributed by atoms with E-state index in [0.29, 0.717) is 12.8 Å². The molecule has 0 bridgehead atoms. The lowest BCUT2D eigenvalue weighted by Crippen LogP contribution is -2.29. The van der Waals surface area contributed by atoms with Crippen LogP contribution < -0.4 is 11.1 Å². The SMILES string of the molecule is CC(CC(N)=O)NC1=CC(=O)CC1. The summed E-state index contributed by atoms with van der Waals surface area (Å²) in [5.74, 6) is -0.182. The fraction of sp³-hybridized carbons (Fsp3) is 0.556. The van der Waals surface area contributed by atoms with Crippen molar-refractivity contribution in [2.75, 3.05) is 0 Å². The average Bonchev–Trinajstić information content (AvgIpc) is 2.33. The molecule has 1 atom stereocenters. The van der Waals surface area contributed by atoms with Crippen LogP contribution in [0.5, 0.6) is 0 Å². The maximum atomic E-state index is 10.8. The molecule has 0 aliphatic heterocycles. The molecule has 0 aromatic carbocycles. The van der Waals surface area contributed by atoms with Crippen LogP contribution in [0.25, 0.3) is 0 Å². The van der Waals surface area contributed by atoms with Crippen molar-refractivity contribution in [3.05, 3.63) is 11.8 Å². The van der Waals surface area contributed by atoms with Gasteiger partial charge in [0.1, 0.15) is 0 Å². The fourth-order valence-electron chi connectivity index (χ4n) is 1.38. The highest BCUT2D eigenvalue weighted by Gasteiger charge is 2.14. The van der Waals surface area contributed by atoms with Crippen molar-refractivity contribution in [1.29, 1.82) is 0 Å².